The Balaban J connectivity index is 3.02. The van der Waals surface area contributed by atoms with E-state index >= 15 is 0 Å². The summed E-state index contributed by atoms with van der Waals surface area (Å²) in [5, 5.41) is 0. The summed E-state index contributed by atoms with van der Waals surface area (Å²) < 4.78 is 39.3. The van der Waals surface area contributed by atoms with Gasteiger partial charge < -0.3 is 0 Å². The van der Waals surface area contributed by atoms with E-state index in [2.05, 4.69) is 13.4 Å². The number of rotatable bonds is 3. The first-order valence-corrected chi connectivity index (χ1v) is 5.64. The Morgan fingerprint density at radius 3 is 2.31 bits per heavy atom. The van der Waals surface area contributed by atoms with Gasteiger partial charge in [0.25, 0.3) is 10.1 Å². The summed E-state index contributed by atoms with van der Waals surface area (Å²) in [5.41, 5.74) is 0. The lowest BCUT2D eigenvalue weighted by molar-refractivity contribution is 0.381. The molecule has 0 bridgehead atoms. The van der Waals surface area contributed by atoms with E-state index < -0.39 is 15.9 Å². The molecule has 0 aromatic heterocycles. The first-order chi connectivity index (χ1) is 6.06. The highest BCUT2D eigenvalue weighted by Gasteiger charge is 2.13. The molecular formula is C7H8FO3PS. The number of halogens is 1. The summed E-state index contributed by atoms with van der Waals surface area (Å²) in [7, 11) is -1.59. The molecule has 1 rings (SSSR count). The van der Waals surface area contributed by atoms with Crippen molar-refractivity contribution in [2.75, 3.05) is 6.35 Å². The van der Waals surface area contributed by atoms with Crippen LogP contribution < -0.4 is 0 Å². The van der Waals surface area contributed by atoms with Crippen molar-refractivity contribution in [1.82, 2.24) is 0 Å². The zero-order valence-corrected chi connectivity index (χ0v) is 8.58. The van der Waals surface area contributed by atoms with E-state index in [0.29, 0.717) is 0 Å². The van der Waals surface area contributed by atoms with Gasteiger partial charge in [0.1, 0.15) is 5.82 Å². The predicted octanol–water partition coefficient (Wildman–Crippen LogP) is 1.36. The highest BCUT2D eigenvalue weighted by Crippen LogP contribution is 2.13. The summed E-state index contributed by atoms with van der Waals surface area (Å²) in [6.07, 6.45) is -0.0142. The quantitative estimate of drug-likeness (QED) is 0.573. The molecule has 6 heteroatoms. The molecule has 0 aliphatic carbocycles. The summed E-state index contributed by atoms with van der Waals surface area (Å²) in [5.74, 6) is -0.482. The highest BCUT2D eigenvalue weighted by atomic mass is 32.2. The van der Waals surface area contributed by atoms with Gasteiger partial charge in [-0.05, 0) is 24.3 Å². The van der Waals surface area contributed by atoms with E-state index in [1.165, 1.54) is 0 Å². The Labute approximate surface area is 78.2 Å². The highest BCUT2D eigenvalue weighted by molar-refractivity contribution is 7.86. The van der Waals surface area contributed by atoms with Crippen LogP contribution in [0.25, 0.3) is 0 Å². The van der Waals surface area contributed by atoms with Gasteiger partial charge in [-0.25, -0.2) is 4.39 Å². The van der Waals surface area contributed by atoms with Crippen molar-refractivity contribution in [2.24, 2.45) is 0 Å². The average molecular weight is 222 g/mol. The maximum atomic E-state index is 12.4. The van der Waals surface area contributed by atoms with Crippen LogP contribution in [0.5, 0.6) is 0 Å². The second kappa shape index (κ2) is 4.13. The maximum absolute atomic E-state index is 12.4. The molecule has 0 N–H and O–H groups in total. The normalized spacial score (nSPS) is 11.5. The van der Waals surface area contributed by atoms with Gasteiger partial charge in [0.2, 0.25) is 0 Å². The van der Waals surface area contributed by atoms with Crippen molar-refractivity contribution >= 4 is 19.4 Å². The van der Waals surface area contributed by atoms with Gasteiger partial charge in [-0.1, -0.05) is 0 Å². The van der Waals surface area contributed by atoms with Gasteiger partial charge in [0.15, 0.2) is 0 Å². The van der Waals surface area contributed by atoms with Crippen LogP contribution in [-0.4, -0.2) is 14.8 Å². The summed E-state index contributed by atoms with van der Waals surface area (Å²) >= 11 is 0. The molecular weight excluding hydrogens is 214 g/mol. The minimum atomic E-state index is -3.71. The molecule has 0 spiro atoms. The van der Waals surface area contributed by atoms with Crippen LogP contribution in [0.3, 0.4) is 0 Å². The molecule has 0 heterocycles. The van der Waals surface area contributed by atoms with Crippen molar-refractivity contribution in [2.45, 2.75) is 4.90 Å². The van der Waals surface area contributed by atoms with Gasteiger partial charge in [-0.2, -0.15) is 8.42 Å². The third-order valence-corrected chi connectivity index (χ3v) is 3.03. The van der Waals surface area contributed by atoms with Crippen molar-refractivity contribution in [3.63, 3.8) is 0 Å². The van der Waals surface area contributed by atoms with Crippen LogP contribution in [-0.2, 0) is 14.3 Å². The molecule has 0 amide bonds. The Morgan fingerprint density at radius 2 is 1.85 bits per heavy atom. The van der Waals surface area contributed by atoms with Crippen LogP contribution in [0.4, 0.5) is 4.39 Å². The molecule has 1 atom stereocenters. The lowest BCUT2D eigenvalue weighted by Crippen LogP contribution is -2.04. The topological polar surface area (TPSA) is 43.4 Å². The molecule has 0 saturated heterocycles. The lowest BCUT2D eigenvalue weighted by atomic mass is 10.4. The summed E-state index contributed by atoms with van der Waals surface area (Å²) in [4.78, 5) is -0.0450. The van der Waals surface area contributed by atoms with Crippen molar-refractivity contribution < 1.29 is 17.0 Å². The molecule has 0 saturated carbocycles. The molecule has 0 aliphatic heterocycles. The van der Waals surface area contributed by atoms with Crippen molar-refractivity contribution in [1.29, 1.82) is 0 Å². The Bertz CT molecular complexity index is 373. The molecule has 0 aliphatic rings. The van der Waals surface area contributed by atoms with Crippen LogP contribution in [0, 0.1) is 5.82 Å². The number of hydrogen-bond donors (Lipinski definition) is 0. The maximum Gasteiger partial charge on any atom is 0.297 e. The third kappa shape index (κ3) is 2.72. The van der Waals surface area contributed by atoms with Crippen LogP contribution in [0.2, 0.25) is 0 Å². The van der Waals surface area contributed by atoms with Gasteiger partial charge in [0, 0.05) is 0 Å². The van der Waals surface area contributed by atoms with Gasteiger partial charge >= 0.3 is 0 Å². The SMILES string of the molecule is O=S(=O)(OCP)c1ccc(F)cc1. The second-order valence-electron chi connectivity index (χ2n) is 2.19. The first kappa shape index (κ1) is 10.6. The van der Waals surface area contributed by atoms with Crippen LogP contribution >= 0.6 is 9.24 Å². The van der Waals surface area contributed by atoms with Gasteiger partial charge in [0.05, 0.1) is 11.2 Å². The van der Waals surface area contributed by atoms with Crippen LogP contribution in [0.15, 0.2) is 29.2 Å². The van der Waals surface area contributed by atoms with E-state index in [0.717, 1.165) is 24.3 Å². The fourth-order valence-corrected chi connectivity index (χ4v) is 2.08. The van der Waals surface area contributed by atoms with Crippen LogP contribution in [0.1, 0.15) is 0 Å². The Hall–Kier alpha value is -0.510. The van der Waals surface area contributed by atoms with Gasteiger partial charge in [-0.3, -0.25) is 4.18 Å². The molecule has 1 unspecified atom stereocenters. The molecule has 0 radical (unpaired) electrons. The smallest absolute Gasteiger partial charge is 0.262 e. The lowest BCUT2D eigenvalue weighted by Gasteiger charge is -2.01. The van der Waals surface area contributed by atoms with Gasteiger partial charge in [-0.15, -0.1) is 9.24 Å². The largest absolute Gasteiger partial charge is 0.297 e. The van der Waals surface area contributed by atoms with E-state index in [1.54, 1.807) is 0 Å². The zero-order valence-electron chi connectivity index (χ0n) is 6.60. The molecule has 0 fully saturated rings. The summed E-state index contributed by atoms with van der Waals surface area (Å²) in [6.45, 7) is 0. The van der Waals surface area contributed by atoms with E-state index in [1.807, 2.05) is 0 Å². The molecule has 1 aromatic carbocycles. The second-order valence-corrected chi connectivity index (χ2v) is 4.14. The van der Waals surface area contributed by atoms with E-state index in [9.17, 15) is 12.8 Å². The fourth-order valence-electron chi connectivity index (χ4n) is 0.759. The third-order valence-electron chi connectivity index (χ3n) is 1.33. The zero-order chi connectivity index (χ0) is 9.90. The molecule has 1 aromatic rings. The van der Waals surface area contributed by atoms with E-state index in [-0.39, 0.29) is 11.2 Å². The molecule has 72 valence electrons. The molecule has 3 nitrogen and oxygen atoms in total. The standard InChI is InChI=1S/C7H8FO3PS/c8-6-1-3-7(4-2-6)13(9,10)11-5-12/h1-4H,5,12H2. The molecule has 13 heavy (non-hydrogen) atoms. The minimum absolute atomic E-state index is 0.0142. The minimum Gasteiger partial charge on any atom is -0.262 e. The fraction of sp³-hybridized carbons (Fsp3) is 0.143. The van der Waals surface area contributed by atoms with E-state index in [4.69, 9.17) is 0 Å². The van der Waals surface area contributed by atoms with Crippen molar-refractivity contribution in [3.8, 4) is 0 Å². The van der Waals surface area contributed by atoms with Crippen molar-refractivity contribution in [3.05, 3.63) is 30.1 Å². The number of benzene rings is 1. The predicted molar refractivity (Wildman–Crippen MR) is 49.2 cm³/mol. The first-order valence-electron chi connectivity index (χ1n) is 3.41. The monoisotopic (exact) mass is 222 g/mol. The average Bonchev–Trinajstić information content (AvgIpc) is 2.05. The summed E-state index contributed by atoms with van der Waals surface area (Å²) in [6, 6.07) is 4.45. The number of hydrogen-bond acceptors (Lipinski definition) is 3. The Morgan fingerprint density at radius 1 is 1.31 bits per heavy atom. The Kier molecular flexibility index (Phi) is 3.36.